The van der Waals surface area contributed by atoms with Crippen LogP contribution in [0.3, 0.4) is 0 Å². The van der Waals surface area contributed by atoms with Crippen molar-refractivity contribution in [3.05, 3.63) is 164 Å². The molecule has 0 bridgehead atoms. The highest BCUT2D eigenvalue weighted by Gasteiger charge is 2.22. The van der Waals surface area contributed by atoms with E-state index in [-0.39, 0.29) is 0 Å². The van der Waals surface area contributed by atoms with Crippen molar-refractivity contribution < 1.29 is 8.83 Å². The highest BCUT2D eigenvalue weighted by molar-refractivity contribution is 6.27. The fraction of sp³-hybridized carbons (Fsp3) is 0. The first kappa shape index (κ1) is 26.5. The molecular weight excluding hydrogens is 599 g/mol. The quantitative estimate of drug-likeness (QED) is 0.183. The highest BCUT2D eigenvalue weighted by Crippen LogP contribution is 2.48. The maximum Gasteiger partial charge on any atom is 0.178 e. The summed E-state index contributed by atoms with van der Waals surface area (Å²) < 4.78 is 14.8. The zero-order valence-corrected chi connectivity index (χ0v) is 26.4. The van der Waals surface area contributed by atoms with Crippen molar-refractivity contribution in [1.29, 1.82) is 0 Å². The summed E-state index contributed by atoms with van der Waals surface area (Å²) in [4.78, 5) is 0. The number of fused-ring (bicyclic) bond motifs is 10. The molecule has 0 fully saturated rings. The summed E-state index contributed by atoms with van der Waals surface area (Å²) in [5, 5.41) is 10.6. The maximum atomic E-state index is 6.52. The lowest BCUT2D eigenvalue weighted by Gasteiger charge is -2.18. The van der Waals surface area contributed by atoms with Gasteiger partial charge in [0.25, 0.3) is 0 Å². The first-order chi connectivity index (χ1) is 24.3. The van der Waals surface area contributed by atoms with Gasteiger partial charge < -0.3 is 13.4 Å². The molecule has 0 spiro atoms. The number of para-hydroxylation sites is 2. The molecule has 0 amide bonds. The Balaban J connectivity index is 1.23. The van der Waals surface area contributed by atoms with Gasteiger partial charge in [-0.3, -0.25) is 0 Å². The lowest BCUT2D eigenvalue weighted by atomic mass is 9.84. The van der Waals surface area contributed by atoms with Crippen molar-refractivity contribution in [2.45, 2.75) is 0 Å². The second kappa shape index (κ2) is 9.96. The monoisotopic (exact) mass is 625 g/mol. The fourth-order valence-electron chi connectivity index (χ4n) is 8.23. The normalized spacial score (nSPS) is 12.1. The molecule has 0 N–H and O–H groups in total. The number of hydrogen-bond donors (Lipinski definition) is 0. The molecule has 3 nitrogen and oxygen atoms in total. The Morgan fingerprint density at radius 1 is 0.429 bits per heavy atom. The summed E-state index contributed by atoms with van der Waals surface area (Å²) in [6, 6.07) is 56.8. The Kier molecular flexibility index (Phi) is 5.38. The third-order valence-electron chi connectivity index (χ3n) is 10.3. The Hall–Kier alpha value is -6.58. The van der Waals surface area contributed by atoms with Gasteiger partial charge in [-0.25, -0.2) is 0 Å². The number of nitrogens with zero attached hydrogens (tertiary/aromatic N) is 1. The topological polar surface area (TPSA) is 31.2 Å². The minimum Gasteiger partial charge on any atom is -0.460 e. The van der Waals surface area contributed by atoms with E-state index in [0.717, 1.165) is 44.2 Å². The standard InChI is InChI=1S/C46H27NO2/c1-2-11-30(12-3-1)47-39-19-9-8-13-31(39)38-27-29(22-24-40(38)47)42-32-14-4-6-16-34(32)43(35-17-7-5-15-33(35)42)36-18-10-20-41-44(36)37-23-21-28-25-26-48-45(28)46(37)49-41/h1-27H. The molecule has 0 unspecified atom stereocenters. The number of rotatable bonds is 3. The summed E-state index contributed by atoms with van der Waals surface area (Å²) in [5.74, 6) is 0. The van der Waals surface area contributed by atoms with E-state index < -0.39 is 0 Å². The van der Waals surface area contributed by atoms with E-state index in [2.05, 4.69) is 156 Å². The molecule has 3 aromatic heterocycles. The van der Waals surface area contributed by atoms with Crippen molar-refractivity contribution in [1.82, 2.24) is 4.57 Å². The molecule has 0 saturated carbocycles. The smallest absolute Gasteiger partial charge is 0.178 e. The zero-order valence-electron chi connectivity index (χ0n) is 26.4. The summed E-state index contributed by atoms with van der Waals surface area (Å²) in [5.41, 5.74) is 10.8. The van der Waals surface area contributed by atoms with Crippen LogP contribution >= 0.6 is 0 Å². The first-order valence-electron chi connectivity index (χ1n) is 16.7. The van der Waals surface area contributed by atoms with Crippen molar-refractivity contribution in [2.75, 3.05) is 0 Å². The van der Waals surface area contributed by atoms with Gasteiger partial charge in [-0.1, -0.05) is 109 Å². The molecule has 3 heteroatoms. The SMILES string of the molecule is c1ccc(-n2c3ccccc3c3cc(-c4c5ccccc5c(-c5cccc6oc7c(ccc8ccoc87)c56)c5ccccc45)ccc32)cc1. The number of aromatic nitrogens is 1. The van der Waals surface area contributed by atoms with E-state index >= 15 is 0 Å². The van der Waals surface area contributed by atoms with Gasteiger partial charge in [0.15, 0.2) is 11.2 Å². The van der Waals surface area contributed by atoms with Crippen LogP contribution in [0.5, 0.6) is 0 Å². The van der Waals surface area contributed by atoms with Gasteiger partial charge in [-0.15, -0.1) is 0 Å². The van der Waals surface area contributed by atoms with E-state index in [1.165, 1.54) is 60.0 Å². The Labute approximate surface area is 280 Å². The lowest BCUT2D eigenvalue weighted by molar-refractivity contribution is 0.600. The third kappa shape index (κ3) is 3.67. The van der Waals surface area contributed by atoms with Gasteiger partial charge in [0, 0.05) is 32.6 Å². The molecule has 0 radical (unpaired) electrons. The predicted molar refractivity (Wildman–Crippen MR) is 204 cm³/mol. The summed E-state index contributed by atoms with van der Waals surface area (Å²) in [6.45, 7) is 0. The van der Waals surface area contributed by atoms with E-state index in [0.29, 0.717) is 0 Å². The predicted octanol–water partition coefficient (Wildman–Crippen LogP) is 13.1. The summed E-state index contributed by atoms with van der Waals surface area (Å²) >= 11 is 0. The average molecular weight is 626 g/mol. The van der Waals surface area contributed by atoms with E-state index in [1.54, 1.807) is 6.26 Å². The van der Waals surface area contributed by atoms with Crippen LogP contribution in [0.1, 0.15) is 0 Å². The molecule has 11 aromatic rings. The average Bonchev–Trinajstić information content (AvgIpc) is 3.88. The van der Waals surface area contributed by atoms with Crippen molar-refractivity contribution >= 4 is 76.3 Å². The molecule has 0 saturated heterocycles. The largest absolute Gasteiger partial charge is 0.460 e. The third-order valence-corrected chi connectivity index (χ3v) is 10.3. The van der Waals surface area contributed by atoms with Crippen LogP contribution in [-0.2, 0) is 0 Å². The van der Waals surface area contributed by atoms with Crippen LogP contribution in [0, 0.1) is 0 Å². The number of hydrogen-bond acceptors (Lipinski definition) is 2. The molecule has 49 heavy (non-hydrogen) atoms. The maximum absolute atomic E-state index is 6.52. The van der Waals surface area contributed by atoms with Crippen LogP contribution in [0.4, 0.5) is 0 Å². The number of furan rings is 2. The van der Waals surface area contributed by atoms with Crippen LogP contribution in [0.15, 0.2) is 173 Å². The number of benzene rings is 8. The van der Waals surface area contributed by atoms with Gasteiger partial charge in [0.2, 0.25) is 0 Å². The second-order valence-corrected chi connectivity index (χ2v) is 12.8. The Morgan fingerprint density at radius 2 is 1.10 bits per heavy atom. The fourth-order valence-corrected chi connectivity index (χ4v) is 8.23. The molecule has 0 aliphatic rings. The second-order valence-electron chi connectivity index (χ2n) is 12.8. The van der Waals surface area contributed by atoms with Crippen LogP contribution < -0.4 is 0 Å². The zero-order chi connectivity index (χ0) is 32.1. The molecule has 0 aliphatic heterocycles. The Bertz CT molecular complexity index is 3050. The minimum atomic E-state index is 0.786. The Morgan fingerprint density at radius 3 is 1.88 bits per heavy atom. The van der Waals surface area contributed by atoms with E-state index in [1.807, 2.05) is 6.07 Å². The molecule has 0 atom stereocenters. The van der Waals surface area contributed by atoms with Crippen LogP contribution in [0.2, 0.25) is 0 Å². The molecule has 11 rings (SSSR count). The van der Waals surface area contributed by atoms with Gasteiger partial charge in [-0.2, -0.15) is 0 Å². The molecule has 8 aromatic carbocycles. The van der Waals surface area contributed by atoms with Crippen molar-refractivity contribution in [3.63, 3.8) is 0 Å². The van der Waals surface area contributed by atoms with Crippen LogP contribution in [-0.4, -0.2) is 4.57 Å². The van der Waals surface area contributed by atoms with Gasteiger partial charge in [-0.05, 0) is 92.3 Å². The van der Waals surface area contributed by atoms with Gasteiger partial charge >= 0.3 is 0 Å². The van der Waals surface area contributed by atoms with Gasteiger partial charge in [0.1, 0.15) is 5.58 Å². The van der Waals surface area contributed by atoms with Gasteiger partial charge in [0.05, 0.1) is 17.3 Å². The molecular formula is C46H27NO2. The molecule has 228 valence electrons. The first-order valence-corrected chi connectivity index (χ1v) is 16.7. The van der Waals surface area contributed by atoms with E-state index in [4.69, 9.17) is 8.83 Å². The summed E-state index contributed by atoms with van der Waals surface area (Å²) in [6.07, 6.45) is 1.73. The van der Waals surface area contributed by atoms with E-state index in [9.17, 15) is 0 Å². The molecule has 0 aliphatic carbocycles. The molecule has 3 heterocycles. The lowest BCUT2D eigenvalue weighted by Crippen LogP contribution is -1.93. The van der Waals surface area contributed by atoms with Crippen LogP contribution in [0.25, 0.3) is 104 Å². The van der Waals surface area contributed by atoms with Crippen molar-refractivity contribution in [2.24, 2.45) is 0 Å². The minimum absolute atomic E-state index is 0.786. The highest BCUT2D eigenvalue weighted by atomic mass is 16.4. The van der Waals surface area contributed by atoms with Crippen molar-refractivity contribution in [3.8, 4) is 27.9 Å². The summed E-state index contributed by atoms with van der Waals surface area (Å²) in [7, 11) is 0.